The molecule has 0 unspecified atom stereocenters. The van der Waals surface area contributed by atoms with Crippen LogP contribution in [0.25, 0.3) is 0 Å². The van der Waals surface area contributed by atoms with Crippen LogP contribution in [0.3, 0.4) is 0 Å². The van der Waals surface area contributed by atoms with E-state index in [0.29, 0.717) is 0 Å². The van der Waals surface area contributed by atoms with Gasteiger partial charge in [-0.1, -0.05) is 36.8 Å². The lowest BCUT2D eigenvalue weighted by atomic mass is 9.94. The standard InChI is InChI=1S/C14H15N/c1-11-9-10-15(3)14(12(11)2)13-7-5-4-6-8-13/h4-10H,3H2,1-2H3. The SMILES string of the molecule is C=[N+]1C=CC(C)=C(C)[C-]1c1ccccc1. The minimum atomic E-state index is 1.19. The molecule has 0 fully saturated rings. The zero-order valence-electron chi connectivity index (χ0n) is 9.20. The van der Waals surface area contributed by atoms with Crippen LogP contribution in [0.4, 0.5) is 0 Å². The number of allylic oxidation sites excluding steroid dienone is 2. The highest BCUT2D eigenvalue weighted by atomic mass is 15.0. The summed E-state index contributed by atoms with van der Waals surface area (Å²) >= 11 is 0. The lowest BCUT2D eigenvalue weighted by Gasteiger charge is -2.23. The Morgan fingerprint density at radius 2 is 1.80 bits per heavy atom. The molecule has 0 aromatic heterocycles. The van der Waals surface area contributed by atoms with E-state index >= 15 is 0 Å². The van der Waals surface area contributed by atoms with E-state index in [9.17, 15) is 0 Å². The molecule has 0 aliphatic carbocycles. The average Bonchev–Trinajstić information content (AvgIpc) is 2.26. The Morgan fingerprint density at radius 1 is 1.13 bits per heavy atom. The summed E-state index contributed by atoms with van der Waals surface area (Å²) in [6, 6.07) is 11.6. The first-order chi connectivity index (χ1) is 7.20. The second kappa shape index (κ2) is 3.77. The third-order valence-corrected chi connectivity index (χ3v) is 2.79. The van der Waals surface area contributed by atoms with Gasteiger partial charge in [-0.3, -0.25) is 4.58 Å². The summed E-state index contributed by atoms with van der Waals surface area (Å²) in [5.41, 5.74) is 3.81. The van der Waals surface area contributed by atoms with Gasteiger partial charge >= 0.3 is 0 Å². The molecule has 0 saturated heterocycles. The number of hydrogen-bond acceptors (Lipinski definition) is 0. The van der Waals surface area contributed by atoms with Crippen molar-refractivity contribution < 1.29 is 4.58 Å². The lowest BCUT2D eigenvalue weighted by Crippen LogP contribution is -2.18. The minimum Gasteiger partial charge on any atom is -0.255 e. The molecule has 0 bridgehead atoms. The first-order valence-electron chi connectivity index (χ1n) is 5.08. The molecular weight excluding hydrogens is 182 g/mol. The molecule has 0 spiro atoms. The largest absolute Gasteiger partial charge is 0.255 e. The van der Waals surface area contributed by atoms with Crippen LogP contribution in [0.15, 0.2) is 53.8 Å². The van der Waals surface area contributed by atoms with E-state index < -0.39 is 0 Å². The molecule has 1 aliphatic heterocycles. The quantitative estimate of drug-likeness (QED) is 0.480. The Balaban J connectivity index is 2.46. The molecule has 76 valence electrons. The van der Waals surface area contributed by atoms with Crippen molar-refractivity contribution in [2.24, 2.45) is 0 Å². The van der Waals surface area contributed by atoms with Gasteiger partial charge in [0.2, 0.25) is 0 Å². The third-order valence-electron chi connectivity index (χ3n) is 2.79. The van der Waals surface area contributed by atoms with E-state index in [2.05, 4.69) is 50.9 Å². The predicted octanol–water partition coefficient (Wildman–Crippen LogP) is 3.14. The number of rotatable bonds is 1. The maximum absolute atomic E-state index is 4.02. The summed E-state index contributed by atoms with van der Waals surface area (Å²) in [4.78, 5) is 0. The Morgan fingerprint density at radius 3 is 2.47 bits per heavy atom. The van der Waals surface area contributed by atoms with Gasteiger partial charge in [0, 0.05) is 0 Å². The molecule has 15 heavy (non-hydrogen) atoms. The van der Waals surface area contributed by atoms with E-state index in [0.717, 1.165) is 0 Å². The highest BCUT2D eigenvalue weighted by molar-refractivity contribution is 5.45. The van der Waals surface area contributed by atoms with Crippen molar-refractivity contribution in [3.63, 3.8) is 0 Å². The van der Waals surface area contributed by atoms with E-state index in [4.69, 9.17) is 0 Å². The van der Waals surface area contributed by atoms with Gasteiger partial charge in [0.1, 0.15) is 12.2 Å². The molecule has 0 atom stereocenters. The minimum absolute atomic E-state index is 1.19. The molecule has 1 aromatic carbocycles. The second-order valence-corrected chi connectivity index (χ2v) is 3.81. The van der Waals surface area contributed by atoms with Crippen LogP contribution in [0.2, 0.25) is 0 Å². The first-order valence-corrected chi connectivity index (χ1v) is 5.08. The van der Waals surface area contributed by atoms with Gasteiger partial charge in [-0.2, -0.15) is 0 Å². The summed E-state index contributed by atoms with van der Waals surface area (Å²) in [5.74, 6) is 0. The van der Waals surface area contributed by atoms with Crippen molar-refractivity contribution in [3.8, 4) is 0 Å². The Bertz CT molecular complexity index is 438. The van der Waals surface area contributed by atoms with Crippen molar-refractivity contribution in [2.75, 3.05) is 0 Å². The van der Waals surface area contributed by atoms with Gasteiger partial charge < -0.3 is 0 Å². The van der Waals surface area contributed by atoms with E-state index in [1.165, 1.54) is 22.8 Å². The van der Waals surface area contributed by atoms with Gasteiger partial charge in [0.15, 0.2) is 0 Å². The Kier molecular flexibility index (Phi) is 2.46. The Labute approximate surface area is 91.1 Å². The van der Waals surface area contributed by atoms with Crippen molar-refractivity contribution in [1.29, 1.82) is 0 Å². The summed E-state index contributed by atoms with van der Waals surface area (Å²) in [7, 11) is 0. The zero-order chi connectivity index (χ0) is 10.8. The molecule has 1 heterocycles. The van der Waals surface area contributed by atoms with E-state index in [-0.39, 0.29) is 0 Å². The van der Waals surface area contributed by atoms with Gasteiger partial charge in [0.05, 0.1) is 6.72 Å². The predicted molar refractivity (Wildman–Crippen MR) is 63.7 cm³/mol. The first kappa shape index (κ1) is 9.78. The number of hydrogen-bond donors (Lipinski definition) is 0. The average molecular weight is 197 g/mol. The van der Waals surface area contributed by atoms with Crippen LogP contribution in [-0.4, -0.2) is 11.3 Å². The van der Waals surface area contributed by atoms with E-state index in [1.807, 2.05) is 16.8 Å². The summed E-state index contributed by atoms with van der Waals surface area (Å²) in [5, 5.41) is 0. The summed E-state index contributed by atoms with van der Waals surface area (Å²) in [6.07, 6.45) is 4.10. The van der Waals surface area contributed by atoms with Gasteiger partial charge in [0.25, 0.3) is 0 Å². The van der Waals surface area contributed by atoms with Gasteiger partial charge in [-0.05, 0) is 18.1 Å². The summed E-state index contributed by atoms with van der Waals surface area (Å²) < 4.78 is 1.93. The van der Waals surface area contributed by atoms with E-state index in [1.54, 1.807) is 0 Å². The molecule has 1 aromatic rings. The zero-order valence-corrected chi connectivity index (χ0v) is 9.20. The van der Waals surface area contributed by atoms with Crippen LogP contribution in [0, 0.1) is 6.04 Å². The lowest BCUT2D eigenvalue weighted by molar-refractivity contribution is -0.420. The molecule has 0 amide bonds. The fourth-order valence-electron chi connectivity index (χ4n) is 1.78. The number of benzene rings is 1. The fourth-order valence-corrected chi connectivity index (χ4v) is 1.78. The molecule has 1 nitrogen and oxygen atoms in total. The van der Waals surface area contributed by atoms with Crippen molar-refractivity contribution in [2.45, 2.75) is 13.8 Å². The molecule has 0 N–H and O–H groups in total. The van der Waals surface area contributed by atoms with Gasteiger partial charge in [-0.25, -0.2) is 0 Å². The maximum Gasteiger partial charge on any atom is 0.150 e. The van der Waals surface area contributed by atoms with Gasteiger partial charge in [-0.15, -0.1) is 12.1 Å². The normalized spacial score (nSPS) is 16.1. The highest BCUT2D eigenvalue weighted by Gasteiger charge is 2.20. The van der Waals surface area contributed by atoms with Crippen LogP contribution in [0.5, 0.6) is 0 Å². The number of nitrogens with zero attached hydrogens (tertiary/aromatic N) is 1. The van der Waals surface area contributed by atoms with Crippen molar-refractivity contribution in [3.05, 3.63) is 65.4 Å². The van der Waals surface area contributed by atoms with Crippen LogP contribution in [-0.2, 0) is 0 Å². The second-order valence-electron chi connectivity index (χ2n) is 3.81. The third kappa shape index (κ3) is 1.73. The van der Waals surface area contributed by atoms with Crippen LogP contribution in [0.1, 0.15) is 19.4 Å². The fraction of sp³-hybridized carbons (Fsp3) is 0.143. The highest BCUT2D eigenvalue weighted by Crippen LogP contribution is 2.29. The maximum atomic E-state index is 4.02. The smallest absolute Gasteiger partial charge is 0.150 e. The molecular formula is C14H15N. The molecule has 1 heteroatoms. The molecule has 2 rings (SSSR count). The molecule has 0 radical (unpaired) electrons. The van der Waals surface area contributed by atoms with Crippen LogP contribution >= 0.6 is 0 Å². The summed E-state index contributed by atoms with van der Waals surface area (Å²) in [6.45, 7) is 8.28. The van der Waals surface area contributed by atoms with Crippen molar-refractivity contribution in [1.82, 2.24) is 0 Å². The monoisotopic (exact) mass is 197 g/mol. The Hall–Kier alpha value is -1.76. The van der Waals surface area contributed by atoms with Crippen molar-refractivity contribution >= 4 is 6.72 Å². The topological polar surface area (TPSA) is 3.01 Å². The molecule has 1 aliphatic rings. The molecule has 0 saturated carbocycles. The van der Waals surface area contributed by atoms with Crippen LogP contribution < -0.4 is 0 Å².